The van der Waals surface area contributed by atoms with Crippen molar-refractivity contribution in [2.24, 2.45) is 0 Å². The molecule has 1 aromatic rings. The molecule has 0 aliphatic carbocycles. The quantitative estimate of drug-likeness (QED) is 0.776. The van der Waals surface area contributed by atoms with Crippen LogP contribution >= 0.6 is 11.6 Å². The second kappa shape index (κ2) is 4.65. The summed E-state index contributed by atoms with van der Waals surface area (Å²) in [6.07, 6.45) is 0.921. The molecule has 0 aliphatic rings. The number of halogens is 1. The minimum absolute atomic E-state index is 0.00252. The minimum atomic E-state index is 0.00252. The number of nitrogens with one attached hydrogen (secondary N) is 1. The van der Waals surface area contributed by atoms with Crippen LogP contribution in [0.4, 0.5) is 5.82 Å². The van der Waals surface area contributed by atoms with Gasteiger partial charge in [0.2, 0.25) is 0 Å². The monoisotopic (exact) mass is 212 g/mol. The number of aryl methyl sites for hydroxylation is 1. The summed E-state index contributed by atoms with van der Waals surface area (Å²) in [5.74, 6) is 1.58. The zero-order valence-electron chi connectivity index (χ0n) is 8.97. The van der Waals surface area contributed by atoms with E-state index in [0.717, 1.165) is 17.9 Å². The Labute approximate surface area is 90.7 Å². The molecule has 3 heteroatoms. The molecule has 0 bridgehead atoms. The Hall–Kier alpha value is -0.760. The van der Waals surface area contributed by atoms with Crippen molar-refractivity contribution in [1.29, 1.82) is 0 Å². The molecule has 0 spiro atoms. The van der Waals surface area contributed by atoms with Gasteiger partial charge in [0.1, 0.15) is 5.82 Å². The molecule has 0 unspecified atom stereocenters. The summed E-state index contributed by atoms with van der Waals surface area (Å²) in [6.45, 7) is 6.23. The van der Waals surface area contributed by atoms with Crippen LogP contribution in [0, 0.1) is 6.92 Å². The molecule has 78 valence electrons. The van der Waals surface area contributed by atoms with Crippen LogP contribution in [-0.4, -0.2) is 16.4 Å². The van der Waals surface area contributed by atoms with Crippen LogP contribution in [0.3, 0.4) is 0 Å². The van der Waals surface area contributed by atoms with E-state index < -0.39 is 0 Å². The number of anilines is 1. The molecule has 2 nitrogen and oxygen atoms in total. The van der Waals surface area contributed by atoms with E-state index in [4.69, 9.17) is 11.6 Å². The van der Waals surface area contributed by atoms with E-state index in [2.05, 4.69) is 24.1 Å². The fraction of sp³-hybridized carbons (Fsp3) is 0.545. The number of nitrogens with zero attached hydrogens (tertiary/aromatic N) is 1. The maximum absolute atomic E-state index is 5.72. The zero-order chi connectivity index (χ0) is 10.6. The van der Waals surface area contributed by atoms with Crippen molar-refractivity contribution in [2.45, 2.75) is 32.7 Å². The molecular formula is C11H17ClN2. The molecule has 1 rings (SSSR count). The largest absolute Gasteiger partial charge is 0.365 e. The van der Waals surface area contributed by atoms with E-state index in [1.54, 1.807) is 0 Å². The van der Waals surface area contributed by atoms with E-state index >= 15 is 0 Å². The molecule has 0 aliphatic heterocycles. The SMILES string of the molecule is Cc1cccc(NC(C)(C)CCCl)n1. The Morgan fingerprint density at radius 2 is 2.14 bits per heavy atom. The van der Waals surface area contributed by atoms with Gasteiger partial charge in [0.15, 0.2) is 0 Å². The maximum Gasteiger partial charge on any atom is 0.126 e. The second-order valence-corrected chi connectivity index (χ2v) is 4.49. The van der Waals surface area contributed by atoms with Crippen LogP contribution in [0.15, 0.2) is 18.2 Å². The fourth-order valence-electron chi connectivity index (χ4n) is 1.26. The van der Waals surface area contributed by atoms with Gasteiger partial charge in [0.05, 0.1) is 0 Å². The van der Waals surface area contributed by atoms with Crippen molar-refractivity contribution in [3.63, 3.8) is 0 Å². The van der Waals surface area contributed by atoms with E-state index in [1.807, 2.05) is 25.1 Å². The number of rotatable bonds is 4. The van der Waals surface area contributed by atoms with Crippen molar-refractivity contribution in [1.82, 2.24) is 4.98 Å². The van der Waals surface area contributed by atoms with Gasteiger partial charge in [-0.05, 0) is 39.3 Å². The summed E-state index contributed by atoms with van der Waals surface area (Å²) in [6, 6.07) is 5.96. The van der Waals surface area contributed by atoms with Crippen LogP contribution in [0.2, 0.25) is 0 Å². The lowest BCUT2D eigenvalue weighted by Gasteiger charge is -2.26. The van der Waals surface area contributed by atoms with Crippen molar-refractivity contribution >= 4 is 17.4 Å². The molecule has 0 atom stereocenters. The number of hydrogen-bond donors (Lipinski definition) is 1. The topological polar surface area (TPSA) is 24.9 Å². The van der Waals surface area contributed by atoms with Gasteiger partial charge in [-0.25, -0.2) is 4.98 Å². The third kappa shape index (κ3) is 3.54. The van der Waals surface area contributed by atoms with Gasteiger partial charge < -0.3 is 5.32 Å². The summed E-state index contributed by atoms with van der Waals surface area (Å²) in [7, 11) is 0. The summed E-state index contributed by atoms with van der Waals surface area (Å²) >= 11 is 5.72. The fourth-order valence-corrected chi connectivity index (χ4v) is 1.73. The van der Waals surface area contributed by atoms with Crippen LogP contribution in [-0.2, 0) is 0 Å². The van der Waals surface area contributed by atoms with Gasteiger partial charge in [-0.2, -0.15) is 0 Å². The highest BCUT2D eigenvalue weighted by Crippen LogP contribution is 2.16. The van der Waals surface area contributed by atoms with Crippen molar-refractivity contribution in [3.05, 3.63) is 23.9 Å². The smallest absolute Gasteiger partial charge is 0.126 e. The molecule has 1 N–H and O–H groups in total. The van der Waals surface area contributed by atoms with Gasteiger partial charge in [-0.1, -0.05) is 6.07 Å². The second-order valence-electron chi connectivity index (χ2n) is 4.11. The summed E-state index contributed by atoms with van der Waals surface area (Å²) in [5, 5.41) is 3.36. The number of pyridine rings is 1. The summed E-state index contributed by atoms with van der Waals surface area (Å²) in [4.78, 5) is 4.39. The highest BCUT2D eigenvalue weighted by Gasteiger charge is 2.16. The Bertz CT molecular complexity index is 297. The van der Waals surface area contributed by atoms with E-state index in [9.17, 15) is 0 Å². The summed E-state index contributed by atoms with van der Waals surface area (Å²) in [5.41, 5.74) is 1.03. The normalized spacial score (nSPS) is 11.4. The Morgan fingerprint density at radius 3 is 2.71 bits per heavy atom. The number of aromatic nitrogens is 1. The lowest BCUT2D eigenvalue weighted by molar-refractivity contribution is 0.548. The van der Waals surface area contributed by atoms with Crippen molar-refractivity contribution in [3.8, 4) is 0 Å². The Kier molecular flexibility index (Phi) is 3.76. The molecule has 0 fully saturated rings. The van der Waals surface area contributed by atoms with E-state index in [0.29, 0.717) is 5.88 Å². The lowest BCUT2D eigenvalue weighted by Crippen LogP contribution is -2.31. The van der Waals surface area contributed by atoms with Gasteiger partial charge in [-0.3, -0.25) is 0 Å². The molecule has 0 saturated carbocycles. The minimum Gasteiger partial charge on any atom is -0.365 e. The molecule has 1 aromatic heterocycles. The lowest BCUT2D eigenvalue weighted by atomic mass is 10.0. The first-order valence-corrected chi connectivity index (χ1v) is 5.35. The molecule has 0 radical (unpaired) electrons. The molecule has 0 amide bonds. The van der Waals surface area contributed by atoms with Gasteiger partial charge in [0.25, 0.3) is 0 Å². The predicted molar refractivity (Wildman–Crippen MR) is 62.0 cm³/mol. The van der Waals surface area contributed by atoms with Gasteiger partial charge >= 0.3 is 0 Å². The van der Waals surface area contributed by atoms with Crippen molar-refractivity contribution in [2.75, 3.05) is 11.2 Å². The molecule has 14 heavy (non-hydrogen) atoms. The van der Waals surface area contributed by atoms with Crippen LogP contribution in [0.25, 0.3) is 0 Å². The first-order valence-electron chi connectivity index (χ1n) is 4.81. The highest BCUT2D eigenvalue weighted by molar-refractivity contribution is 6.17. The standard InChI is InChI=1S/C11H17ClN2/c1-9-5-4-6-10(13-9)14-11(2,3)7-8-12/h4-6H,7-8H2,1-3H3,(H,13,14). The molecule has 0 aromatic carbocycles. The first kappa shape index (κ1) is 11.3. The predicted octanol–water partition coefficient (Wildman–Crippen LogP) is 3.21. The summed E-state index contributed by atoms with van der Waals surface area (Å²) < 4.78 is 0. The Morgan fingerprint density at radius 1 is 1.43 bits per heavy atom. The first-order chi connectivity index (χ1) is 6.53. The van der Waals surface area contributed by atoms with E-state index in [-0.39, 0.29) is 5.54 Å². The molecular weight excluding hydrogens is 196 g/mol. The molecule has 0 saturated heterocycles. The number of alkyl halides is 1. The maximum atomic E-state index is 5.72. The highest BCUT2D eigenvalue weighted by atomic mass is 35.5. The van der Waals surface area contributed by atoms with Gasteiger partial charge in [-0.15, -0.1) is 11.6 Å². The van der Waals surface area contributed by atoms with Gasteiger partial charge in [0, 0.05) is 17.1 Å². The third-order valence-corrected chi connectivity index (χ3v) is 2.26. The Balaban J connectivity index is 2.68. The third-order valence-electron chi connectivity index (χ3n) is 2.07. The van der Waals surface area contributed by atoms with Crippen LogP contribution in [0.5, 0.6) is 0 Å². The average molecular weight is 213 g/mol. The average Bonchev–Trinajstić information content (AvgIpc) is 2.02. The van der Waals surface area contributed by atoms with Crippen LogP contribution in [0.1, 0.15) is 26.0 Å². The van der Waals surface area contributed by atoms with Crippen LogP contribution < -0.4 is 5.32 Å². The van der Waals surface area contributed by atoms with Crippen molar-refractivity contribution < 1.29 is 0 Å². The zero-order valence-corrected chi connectivity index (χ0v) is 9.73. The van der Waals surface area contributed by atoms with E-state index in [1.165, 1.54) is 0 Å². The number of hydrogen-bond acceptors (Lipinski definition) is 2. The molecule has 1 heterocycles.